The van der Waals surface area contributed by atoms with Gasteiger partial charge in [0.1, 0.15) is 18.5 Å². The molecule has 126 valence electrons. The molecular formula is C19H22N2O3. The zero-order valence-electron chi connectivity index (χ0n) is 13.7. The minimum atomic E-state index is -0.610. The zero-order chi connectivity index (χ0) is 16.9. The summed E-state index contributed by atoms with van der Waals surface area (Å²) < 4.78 is 5.71. The smallest absolute Gasteiger partial charge is 0.221 e. The molecule has 1 unspecified atom stereocenters. The Kier molecular flexibility index (Phi) is 5.01. The summed E-state index contributed by atoms with van der Waals surface area (Å²) in [6.07, 6.45) is 0.399. The molecule has 0 bridgehead atoms. The van der Waals surface area contributed by atoms with Crippen LogP contribution in [0.5, 0.6) is 5.75 Å². The molecule has 1 aliphatic heterocycles. The summed E-state index contributed by atoms with van der Waals surface area (Å²) in [6.45, 7) is 3.07. The predicted octanol–water partition coefficient (Wildman–Crippen LogP) is 2.45. The number of nitrogens with one attached hydrogen (secondary N) is 1. The van der Waals surface area contributed by atoms with Gasteiger partial charge in [0.25, 0.3) is 0 Å². The molecule has 2 aromatic carbocycles. The number of anilines is 2. The molecule has 2 aromatic rings. The maximum atomic E-state index is 11.2. The Morgan fingerprint density at radius 1 is 1.25 bits per heavy atom. The fourth-order valence-corrected chi connectivity index (χ4v) is 2.97. The number of hydrogen-bond donors (Lipinski definition) is 2. The summed E-state index contributed by atoms with van der Waals surface area (Å²) in [5.41, 5.74) is 3.13. The number of amides is 1. The first kappa shape index (κ1) is 16.3. The average molecular weight is 326 g/mol. The lowest BCUT2D eigenvalue weighted by Crippen LogP contribution is -2.34. The molecule has 0 fully saturated rings. The van der Waals surface area contributed by atoms with E-state index < -0.39 is 6.10 Å². The predicted molar refractivity (Wildman–Crippen MR) is 94.6 cm³/mol. The standard InChI is InChI=1S/C19H22N2O3/c1-14(22)20-17-7-3-5-9-19(17)24-13-16(23)12-21-11-10-15-6-2-4-8-18(15)21/h2-9,16,23H,10-13H2,1H3,(H,20,22). The number of β-amino-alcohol motifs (C(OH)–C–C–N with tert-alkyl or cyclic N) is 1. The molecule has 0 spiro atoms. The minimum Gasteiger partial charge on any atom is -0.489 e. The van der Waals surface area contributed by atoms with Gasteiger partial charge in [-0.1, -0.05) is 30.3 Å². The van der Waals surface area contributed by atoms with Crippen molar-refractivity contribution in [2.45, 2.75) is 19.4 Å². The third-order valence-corrected chi connectivity index (χ3v) is 4.04. The van der Waals surface area contributed by atoms with E-state index in [1.807, 2.05) is 24.3 Å². The van der Waals surface area contributed by atoms with Crippen molar-refractivity contribution in [3.8, 4) is 5.75 Å². The highest BCUT2D eigenvalue weighted by atomic mass is 16.5. The lowest BCUT2D eigenvalue weighted by atomic mass is 10.2. The Bertz CT molecular complexity index is 717. The molecule has 0 saturated heterocycles. The monoisotopic (exact) mass is 326 g/mol. The molecule has 1 aliphatic rings. The molecule has 24 heavy (non-hydrogen) atoms. The van der Waals surface area contributed by atoms with Gasteiger partial charge in [0.15, 0.2) is 0 Å². The number of carbonyl (C=O) groups excluding carboxylic acids is 1. The molecule has 1 amide bonds. The summed E-state index contributed by atoms with van der Waals surface area (Å²) in [6, 6.07) is 15.5. The first-order chi connectivity index (χ1) is 11.6. The van der Waals surface area contributed by atoms with Crippen molar-refractivity contribution < 1.29 is 14.6 Å². The van der Waals surface area contributed by atoms with E-state index in [2.05, 4.69) is 22.3 Å². The molecule has 0 aliphatic carbocycles. The highest BCUT2D eigenvalue weighted by Gasteiger charge is 2.21. The largest absolute Gasteiger partial charge is 0.489 e. The van der Waals surface area contributed by atoms with Crippen LogP contribution in [0.15, 0.2) is 48.5 Å². The van der Waals surface area contributed by atoms with Gasteiger partial charge in [-0.05, 0) is 30.2 Å². The number of ether oxygens (including phenoxy) is 1. The van der Waals surface area contributed by atoms with Crippen LogP contribution in [-0.2, 0) is 11.2 Å². The van der Waals surface area contributed by atoms with Crippen molar-refractivity contribution >= 4 is 17.3 Å². The van der Waals surface area contributed by atoms with E-state index >= 15 is 0 Å². The van der Waals surface area contributed by atoms with Crippen molar-refractivity contribution in [3.63, 3.8) is 0 Å². The fraction of sp³-hybridized carbons (Fsp3) is 0.316. The second kappa shape index (κ2) is 7.36. The third kappa shape index (κ3) is 3.86. The molecule has 1 atom stereocenters. The van der Waals surface area contributed by atoms with Crippen LogP contribution in [0, 0.1) is 0 Å². The van der Waals surface area contributed by atoms with Crippen LogP contribution in [0.3, 0.4) is 0 Å². The van der Waals surface area contributed by atoms with E-state index in [0.29, 0.717) is 18.0 Å². The van der Waals surface area contributed by atoms with E-state index in [1.165, 1.54) is 18.2 Å². The second-order valence-corrected chi connectivity index (χ2v) is 5.97. The number of hydrogen-bond acceptors (Lipinski definition) is 4. The van der Waals surface area contributed by atoms with Crippen LogP contribution in [0.4, 0.5) is 11.4 Å². The molecule has 5 heteroatoms. The van der Waals surface area contributed by atoms with Crippen LogP contribution in [-0.4, -0.2) is 36.8 Å². The van der Waals surface area contributed by atoms with Crippen LogP contribution >= 0.6 is 0 Å². The molecule has 2 N–H and O–H groups in total. The third-order valence-electron chi connectivity index (χ3n) is 4.04. The maximum absolute atomic E-state index is 11.2. The molecule has 0 radical (unpaired) electrons. The van der Waals surface area contributed by atoms with E-state index in [1.54, 1.807) is 12.1 Å². The Morgan fingerprint density at radius 3 is 2.83 bits per heavy atom. The minimum absolute atomic E-state index is 0.153. The topological polar surface area (TPSA) is 61.8 Å². The van der Waals surface area contributed by atoms with E-state index in [0.717, 1.165) is 13.0 Å². The molecule has 0 aromatic heterocycles. The Balaban J connectivity index is 1.57. The van der Waals surface area contributed by atoms with Crippen molar-refractivity contribution in [1.29, 1.82) is 0 Å². The van der Waals surface area contributed by atoms with Crippen LogP contribution in [0.2, 0.25) is 0 Å². The Morgan fingerprint density at radius 2 is 2.00 bits per heavy atom. The summed E-state index contributed by atoms with van der Waals surface area (Å²) in [7, 11) is 0. The number of benzene rings is 2. The van der Waals surface area contributed by atoms with Gasteiger partial charge in [-0.15, -0.1) is 0 Å². The number of aliphatic hydroxyl groups excluding tert-OH is 1. The number of nitrogens with zero attached hydrogens (tertiary/aromatic N) is 1. The fourth-order valence-electron chi connectivity index (χ4n) is 2.97. The first-order valence-electron chi connectivity index (χ1n) is 8.14. The average Bonchev–Trinajstić information content (AvgIpc) is 2.97. The van der Waals surface area contributed by atoms with Crippen LogP contribution < -0.4 is 15.0 Å². The molecule has 1 heterocycles. The molecular weight excluding hydrogens is 304 g/mol. The number of carbonyl (C=O) groups is 1. The zero-order valence-corrected chi connectivity index (χ0v) is 13.7. The molecule has 0 saturated carbocycles. The van der Waals surface area contributed by atoms with Gasteiger partial charge in [0.05, 0.1) is 5.69 Å². The van der Waals surface area contributed by atoms with E-state index in [9.17, 15) is 9.90 Å². The van der Waals surface area contributed by atoms with Crippen molar-refractivity contribution in [1.82, 2.24) is 0 Å². The Labute approximate surface area is 141 Å². The first-order valence-corrected chi connectivity index (χ1v) is 8.14. The number of para-hydroxylation sites is 3. The summed E-state index contributed by atoms with van der Waals surface area (Å²) in [5, 5.41) is 13.0. The lowest BCUT2D eigenvalue weighted by Gasteiger charge is -2.23. The van der Waals surface area contributed by atoms with Crippen LogP contribution in [0.25, 0.3) is 0 Å². The van der Waals surface area contributed by atoms with Crippen molar-refractivity contribution in [2.24, 2.45) is 0 Å². The Hall–Kier alpha value is -2.53. The van der Waals surface area contributed by atoms with Gasteiger partial charge >= 0.3 is 0 Å². The highest BCUT2D eigenvalue weighted by molar-refractivity contribution is 5.90. The van der Waals surface area contributed by atoms with Gasteiger partial charge < -0.3 is 20.1 Å². The second-order valence-electron chi connectivity index (χ2n) is 5.97. The van der Waals surface area contributed by atoms with Crippen molar-refractivity contribution in [2.75, 3.05) is 29.9 Å². The number of fused-ring (bicyclic) bond motifs is 1. The van der Waals surface area contributed by atoms with E-state index in [-0.39, 0.29) is 12.5 Å². The quantitative estimate of drug-likeness (QED) is 0.856. The van der Waals surface area contributed by atoms with Gasteiger partial charge in [-0.3, -0.25) is 4.79 Å². The highest BCUT2D eigenvalue weighted by Crippen LogP contribution is 2.28. The SMILES string of the molecule is CC(=O)Nc1ccccc1OCC(O)CN1CCc2ccccc21. The van der Waals surface area contributed by atoms with Crippen LogP contribution in [0.1, 0.15) is 12.5 Å². The number of rotatable bonds is 6. The number of aliphatic hydroxyl groups is 1. The lowest BCUT2D eigenvalue weighted by molar-refractivity contribution is -0.114. The summed E-state index contributed by atoms with van der Waals surface area (Å²) in [5.74, 6) is 0.411. The summed E-state index contributed by atoms with van der Waals surface area (Å²) in [4.78, 5) is 13.4. The molecule has 3 rings (SSSR count). The van der Waals surface area contributed by atoms with Gasteiger partial charge in [0, 0.05) is 25.7 Å². The van der Waals surface area contributed by atoms with Gasteiger partial charge in [-0.2, -0.15) is 0 Å². The van der Waals surface area contributed by atoms with E-state index in [4.69, 9.17) is 4.74 Å². The van der Waals surface area contributed by atoms with Crippen molar-refractivity contribution in [3.05, 3.63) is 54.1 Å². The normalized spacial score (nSPS) is 14.2. The molecule has 5 nitrogen and oxygen atoms in total. The summed E-state index contributed by atoms with van der Waals surface area (Å²) >= 11 is 0. The maximum Gasteiger partial charge on any atom is 0.221 e. The van der Waals surface area contributed by atoms with Gasteiger partial charge in [-0.25, -0.2) is 0 Å². The van der Waals surface area contributed by atoms with Gasteiger partial charge in [0.2, 0.25) is 5.91 Å².